The van der Waals surface area contributed by atoms with Crippen molar-refractivity contribution in [3.05, 3.63) is 187 Å². The smallest absolute Gasteiger partial charge is 0.0737 e. The molecular formula is C100H110N12. The number of allylic oxidation sites excluding steroid dienone is 4. The van der Waals surface area contributed by atoms with Crippen LogP contribution in [0.5, 0.6) is 0 Å². The minimum absolute atomic E-state index is 0.834. The third kappa shape index (κ3) is 12.5. The van der Waals surface area contributed by atoms with Gasteiger partial charge >= 0.3 is 0 Å². The second-order valence-corrected chi connectivity index (χ2v) is 32.1. The molecule has 570 valence electrons. The number of rotatable bonds is 20. The van der Waals surface area contributed by atoms with E-state index < -0.39 is 0 Å². The minimum atomic E-state index is 0.834. The van der Waals surface area contributed by atoms with Crippen molar-refractivity contribution in [1.82, 2.24) is 59.8 Å². The number of unbranched alkanes of at least 4 members (excludes halogenated alkanes) is 4. The molecule has 11 aromatic rings. The van der Waals surface area contributed by atoms with Gasteiger partial charge in [-0.15, -0.1) is 0 Å². The van der Waals surface area contributed by atoms with Crippen molar-refractivity contribution in [2.24, 2.45) is 0 Å². The fourth-order valence-electron chi connectivity index (χ4n) is 19.5. The Morgan fingerprint density at radius 1 is 0.188 bits per heavy atom. The molecule has 2 aromatic carbocycles. The molecule has 0 unspecified atom stereocenters. The predicted molar refractivity (Wildman–Crippen MR) is 474 cm³/mol. The van der Waals surface area contributed by atoms with Gasteiger partial charge in [-0.1, -0.05) is 109 Å². The number of H-pyrrole nitrogens is 6. The second-order valence-electron chi connectivity index (χ2n) is 32.1. The molecule has 6 N–H and O–H groups in total. The normalized spacial score (nSPS) is 12.9. The molecule has 24 bridgehead atoms. The van der Waals surface area contributed by atoms with Gasteiger partial charge in [-0.05, 0) is 317 Å². The number of nitrogens with zero attached hydrogens (tertiary/aromatic N) is 6. The van der Waals surface area contributed by atoms with Crippen LogP contribution in [0.2, 0.25) is 0 Å². The summed E-state index contributed by atoms with van der Waals surface area (Å²) >= 11 is 0. The van der Waals surface area contributed by atoms with Crippen LogP contribution in [0.4, 0.5) is 0 Å². The number of aryl methyl sites for hydroxylation is 12. The Hall–Kier alpha value is -10.7. The van der Waals surface area contributed by atoms with Gasteiger partial charge in [0.1, 0.15) is 0 Å². The number of aromatic amines is 6. The molecule has 12 nitrogen and oxygen atoms in total. The van der Waals surface area contributed by atoms with Gasteiger partial charge in [-0.3, -0.25) is 0 Å². The number of hydrogen-bond donors (Lipinski definition) is 6. The number of nitrogens with one attached hydrogen (secondary N) is 6. The maximum atomic E-state index is 5.83. The molecule has 0 aliphatic carbocycles. The third-order valence-corrected chi connectivity index (χ3v) is 25.6. The summed E-state index contributed by atoms with van der Waals surface area (Å²) in [6.45, 7) is 36.7. The molecule has 0 spiro atoms. The summed E-state index contributed by atoms with van der Waals surface area (Å²) in [6, 6.07) is 37.7. The fraction of sp³-hybridized carbons (Fsp3) is 0.360. The molecule has 0 atom stereocenters. The third-order valence-electron chi connectivity index (χ3n) is 25.6. The summed E-state index contributed by atoms with van der Waals surface area (Å²) in [5.41, 5.74) is 54.4. The standard InChI is InChI=1S/C100H110N12/c1-17-29-33-65-53(13)77-41-93-69-37-73-74(38-70(69)94(109-93)42-78-54(14)66(34-30-18-2)90(102-78)46-82-58(22-6)57(21-5)81(105-82)45-89(65)101-77)98-50-86-63(27-11)64(28-12)88(108-86)52-100-76-40-72-71(39-75(76)99(112-100)51-87-62(26-10)61(25-9)85(107-87)49-97(73)111-98)95-43-79-55(15)67(35-31-19-3)91(103-79)47-83-59(23-7)60(24-8)84(106-83)48-92-68(36-32-20-4)56(16)80(104-92)44-96(72)110-95/h37-52,101-104,107-108H,17-36H2,1-16H3. The first-order valence-electron chi connectivity index (χ1n) is 42.6. The van der Waals surface area contributed by atoms with Crippen molar-refractivity contribution >= 4 is 88.5 Å². The van der Waals surface area contributed by atoms with Crippen LogP contribution in [0.25, 0.3) is 179 Å². The molecular weight excluding hydrogens is 1370 g/mol. The Labute approximate surface area is 660 Å². The van der Waals surface area contributed by atoms with Crippen molar-refractivity contribution < 1.29 is 0 Å². The van der Waals surface area contributed by atoms with Crippen LogP contribution in [0, 0.1) is 27.7 Å². The van der Waals surface area contributed by atoms with Gasteiger partial charge < -0.3 is 29.9 Å². The predicted octanol–water partition coefficient (Wildman–Crippen LogP) is 27.2. The molecule has 0 saturated heterocycles. The van der Waals surface area contributed by atoms with Crippen molar-refractivity contribution in [2.75, 3.05) is 0 Å². The Bertz CT molecular complexity index is 5610. The number of aromatic nitrogens is 12. The summed E-state index contributed by atoms with van der Waals surface area (Å²) in [6.07, 6.45) is 19.7. The average Bonchev–Trinajstić information content (AvgIpc) is 1.57. The van der Waals surface area contributed by atoms with E-state index in [1.807, 2.05) is 0 Å². The van der Waals surface area contributed by atoms with Gasteiger partial charge in [0.25, 0.3) is 0 Å². The van der Waals surface area contributed by atoms with E-state index in [2.05, 4.69) is 238 Å². The molecule has 12 heteroatoms. The van der Waals surface area contributed by atoms with E-state index in [0.29, 0.717) is 0 Å². The molecule has 112 heavy (non-hydrogen) atoms. The second kappa shape index (κ2) is 30.1. The maximum Gasteiger partial charge on any atom is 0.0737 e. The van der Waals surface area contributed by atoms with Crippen LogP contribution in [0.3, 0.4) is 0 Å². The lowest BCUT2D eigenvalue weighted by molar-refractivity contribution is 0.796. The molecule has 0 amide bonds. The Morgan fingerprint density at radius 2 is 0.348 bits per heavy atom. The topological polar surface area (TPSA) is 172 Å². The largest absolute Gasteiger partial charge is 0.355 e. The quantitative estimate of drug-likeness (QED) is 0.0443. The monoisotopic (exact) mass is 1480 g/mol. The Morgan fingerprint density at radius 3 is 0.527 bits per heavy atom. The zero-order valence-corrected chi connectivity index (χ0v) is 69.1. The van der Waals surface area contributed by atoms with Crippen LogP contribution in [0.15, 0.2) is 97.1 Å². The first-order chi connectivity index (χ1) is 54.6. The summed E-state index contributed by atoms with van der Waals surface area (Å²) in [4.78, 5) is 58.5. The van der Waals surface area contributed by atoms with Gasteiger partial charge in [0, 0.05) is 111 Å². The van der Waals surface area contributed by atoms with Crippen molar-refractivity contribution in [2.45, 2.75) is 239 Å². The molecule has 0 saturated carbocycles. The highest BCUT2D eigenvalue weighted by Crippen LogP contribution is 2.50. The lowest BCUT2D eigenvalue weighted by Gasteiger charge is -2.06. The van der Waals surface area contributed by atoms with E-state index in [4.69, 9.17) is 29.9 Å². The number of fused-ring (bicyclic) bond motifs is 36. The van der Waals surface area contributed by atoms with Crippen molar-refractivity contribution in [3.8, 4) is 90.1 Å². The lowest BCUT2D eigenvalue weighted by Crippen LogP contribution is -1.87. The van der Waals surface area contributed by atoms with Gasteiger partial charge in [0.05, 0.1) is 68.3 Å². The van der Waals surface area contributed by atoms with E-state index in [-0.39, 0.29) is 0 Å². The van der Waals surface area contributed by atoms with Gasteiger partial charge in [-0.25, -0.2) is 29.9 Å². The van der Waals surface area contributed by atoms with Gasteiger partial charge in [0.2, 0.25) is 0 Å². The molecule has 0 radical (unpaired) electrons. The highest BCUT2D eigenvalue weighted by atomic mass is 14.8. The molecule has 6 aliphatic rings. The van der Waals surface area contributed by atoms with Gasteiger partial charge in [-0.2, -0.15) is 0 Å². The van der Waals surface area contributed by atoms with E-state index in [9.17, 15) is 0 Å². The van der Waals surface area contributed by atoms with E-state index >= 15 is 0 Å². The van der Waals surface area contributed by atoms with Crippen LogP contribution >= 0.6 is 0 Å². The lowest BCUT2D eigenvalue weighted by atomic mass is 9.94. The summed E-state index contributed by atoms with van der Waals surface area (Å²) in [5.74, 6) is 0. The maximum absolute atomic E-state index is 5.83. The van der Waals surface area contributed by atoms with E-state index in [0.717, 1.165) is 307 Å². The molecule has 6 aliphatic heterocycles. The van der Waals surface area contributed by atoms with E-state index in [1.54, 1.807) is 0 Å². The van der Waals surface area contributed by atoms with Crippen molar-refractivity contribution in [1.29, 1.82) is 0 Å². The molecule has 15 heterocycles. The highest BCUT2D eigenvalue weighted by molar-refractivity contribution is 6.03. The molecule has 0 fully saturated rings. The van der Waals surface area contributed by atoms with Crippen LogP contribution in [-0.2, 0) is 51.4 Å². The Balaban J connectivity index is 0.911. The summed E-state index contributed by atoms with van der Waals surface area (Å²) in [7, 11) is 0. The van der Waals surface area contributed by atoms with Gasteiger partial charge in [0.15, 0.2) is 0 Å². The molecule has 17 rings (SSSR count). The minimum Gasteiger partial charge on any atom is -0.355 e. The van der Waals surface area contributed by atoms with Crippen LogP contribution in [0.1, 0.15) is 250 Å². The number of hydrogen-bond acceptors (Lipinski definition) is 6. The SMILES string of the molecule is CCCCc1c(C)c2cc3nc(cc4[nH]c(cc5nc(cc1[nH]2)C(CC)=C5CC)c(CCCC)c4C)-c1cc2c(cc1-3)-c1cc3[nH]c(cc4nc(cc5[nH]c(cc-2n1)c(CC)c5CC)-c1cc2c(cc1-4)-c1cc4[nH]c(cc5nc(cc6[nH]c(cc-2n1)c(C)c6CCCC)C(CC)=C5CC)c(CCCC)c4C)c(CC)c3CC. The first-order valence-corrected chi connectivity index (χ1v) is 42.6. The zero-order valence-electron chi connectivity index (χ0n) is 69.1. The van der Waals surface area contributed by atoms with Crippen molar-refractivity contribution in [3.63, 3.8) is 0 Å². The Kier molecular flexibility index (Phi) is 19.9. The summed E-state index contributed by atoms with van der Waals surface area (Å²) < 4.78 is 0. The zero-order chi connectivity index (χ0) is 77.7. The van der Waals surface area contributed by atoms with E-state index in [1.165, 1.54) is 89.1 Å². The van der Waals surface area contributed by atoms with Crippen LogP contribution in [-0.4, -0.2) is 59.8 Å². The fourth-order valence-corrected chi connectivity index (χ4v) is 19.5. The van der Waals surface area contributed by atoms with Crippen LogP contribution < -0.4 is 0 Å². The first kappa shape index (κ1) is 74.0. The average molecular weight is 1480 g/mol. The molecule has 9 aromatic heterocycles. The summed E-state index contributed by atoms with van der Waals surface area (Å²) in [5, 5.41) is 0. The number of benzene rings is 2. The highest BCUT2D eigenvalue weighted by Gasteiger charge is 2.31.